The number of pyridine rings is 1. The van der Waals surface area contributed by atoms with Crippen LogP contribution in [0.2, 0.25) is 0 Å². The molecule has 1 unspecified atom stereocenters. The highest BCUT2D eigenvalue weighted by Crippen LogP contribution is 2.38. The van der Waals surface area contributed by atoms with Crippen LogP contribution in [0.15, 0.2) is 47.4 Å². The van der Waals surface area contributed by atoms with Crippen molar-refractivity contribution in [1.82, 2.24) is 35.3 Å². The van der Waals surface area contributed by atoms with E-state index in [1.54, 1.807) is 25.6 Å². The lowest BCUT2D eigenvalue weighted by molar-refractivity contribution is 0.210. The number of hydrogen-bond acceptors (Lipinski definition) is 11. The Morgan fingerprint density at radius 2 is 1.79 bits per heavy atom. The first-order chi connectivity index (χ1) is 16.4. The SMILES string of the molecule is COCCNc1ccc(-c2nc(C(C)(c3ccc(-c4cnc(N)nc4)nc3)C(C)C)no2)nn1. The average Bonchev–Trinajstić information content (AvgIpc) is 3.35. The molecule has 0 radical (unpaired) electrons. The summed E-state index contributed by atoms with van der Waals surface area (Å²) in [5.74, 6) is 1.88. The zero-order valence-electron chi connectivity index (χ0n) is 19.6. The average molecular weight is 462 g/mol. The Morgan fingerprint density at radius 3 is 2.41 bits per heavy atom. The van der Waals surface area contributed by atoms with Gasteiger partial charge in [-0.15, -0.1) is 10.2 Å². The van der Waals surface area contributed by atoms with Crippen molar-refractivity contribution in [3.8, 4) is 22.8 Å². The molecule has 0 saturated carbocycles. The lowest BCUT2D eigenvalue weighted by Gasteiger charge is -2.30. The second kappa shape index (κ2) is 9.87. The molecule has 4 heterocycles. The van der Waals surface area contributed by atoms with Crippen LogP contribution < -0.4 is 11.1 Å². The summed E-state index contributed by atoms with van der Waals surface area (Å²) in [5, 5.41) is 15.8. The van der Waals surface area contributed by atoms with Gasteiger partial charge in [0.2, 0.25) is 5.95 Å². The number of nitrogens with one attached hydrogen (secondary N) is 1. The highest BCUT2D eigenvalue weighted by atomic mass is 16.5. The molecule has 1 atom stereocenters. The van der Waals surface area contributed by atoms with Gasteiger partial charge in [-0.25, -0.2) is 9.97 Å². The summed E-state index contributed by atoms with van der Waals surface area (Å²) >= 11 is 0. The van der Waals surface area contributed by atoms with Gasteiger partial charge in [0.15, 0.2) is 11.5 Å². The smallest absolute Gasteiger partial charge is 0.278 e. The van der Waals surface area contributed by atoms with Gasteiger partial charge in [-0.2, -0.15) is 4.98 Å². The van der Waals surface area contributed by atoms with E-state index < -0.39 is 5.41 Å². The van der Waals surface area contributed by atoms with Crippen molar-refractivity contribution in [2.45, 2.75) is 26.2 Å². The monoisotopic (exact) mass is 461 g/mol. The molecule has 0 bridgehead atoms. The fourth-order valence-electron chi connectivity index (χ4n) is 3.42. The zero-order chi connectivity index (χ0) is 24.1. The first kappa shape index (κ1) is 23.2. The van der Waals surface area contributed by atoms with Crippen LogP contribution >= 0.6 is 0 Å². The largest absolute Gasteiger partial charge is 0.383 e. The molecule has 0 aliphatic rings. The van der Waals surface area contributed by atoms with E-state index in [1.807, 2.05) is 24.4 Å². The maximum absolute atomic E-state index is 5.58. The van der Waals surface area contributed by atoms with E-state index in [2.05, 4.69) is 61.4 Å². The molecule has 0 amide bonds. The number of rotatable bonds is 9. The molecule has 34 heavy (non-hydrogen) atoms. The van der Waals surface area contributed by atoms with Gasteiger partial charge in [-0.05, 0) is 36.6 Å². The molecule has 11 nitrogen and oxygen atoms in total. The van der Waals surface area contributed by atoms with Gasteiger partial charge in [0.1, 0.15) is 5.82 Å². The van der Waals surface area contributed by atoms with Gasteiger partial charge >= 0.3 is 0 Å². The number of anilines is 2. The molecule has 0 aliphatic carbocycles. The summed E-state index contributed by atoms with van der Waals surface area (Å²) in [6, 6.07) is 7.53. The summed E-state index contributed by atoms with van der Waals surface area (Å²) < 4.78 is 10.6. The predicted octanol–water partition coefficient (Wildman–Crippen LogP) is 2.98. The maximum Gasteiger partial charge on any atom is 0.278 e. The molecule has 0 aromatic carbocycles. The minimum absolute atomic E-state index is 0.156. The van der Waals surface area contributed by atoms with Crippen LogP contribution in [0.4, 0.5) is 11.8 Å². The molecule has 176 valence electrons. The van der Waals surface area contributed by atoms with E-state index >= 15 is 0 Å². The van der Waals surface area contributed by atoms with Crippen molar-refractivity contribution in [1.29, 1.82) is 0 Å². The quantitative estimate of drug-likeness (QED) is 0.354. The van der Waals surface area contributed by atoms with Crippen LogP contribution in [0.3, 0.4) is 0 Å². The predicted molar refractivity (Wildman–Crippen MR) is 127 cm³/mol. The molecule has 0 fully saturated rings. The topological polar surface area (TPSA) is 151 Å². The second-order valence-electron chi connectivity index (χ2n) is 8.27. The summed E-state index contributed by atoms with van der Waals surface area (Å²) in [5.41, 5.74) is 8.03. The van der Waals surface area contributed by atoms with E-state index in [0.717, 1.165) is 16.8 Å². The number of nitrogens with two attached hydrogens (primary N) is 1. The molecule has 4 aromatic rings. The van der Waals surface area contributed by atoms with Gasteiger partial charge in [0, 0.05) is 37.8 Å². The highest BCUT2D eigenvalue weighted by molar-refractivity contribution is 5.58. The van der Waals surface area contributed by atoms with Crippen molar-refractivity contribution >= 4 is 11.8 Å². The molecule has 3 N–H and O–H groups in total. The maximum atomic E-state index is 5.58. The normalized spacial score (nSPS) is 13.1. The molecule has 0 spiro atoms. The molecule has 11 heteroatoms. The number of nitrogen functional groups attached to an aromatic ring is 1. The molecule has 4 aromatic heterocycles. The lowest BCUT2D eigenvalue weighted by atomic mass is 9.73. The van der Waals surface area contributed by atoms with Crippen molar-refractivity contribution in [3.05, 3.63) is 54.2 Å². The van der Waals surface area contributed by atoms with E-state index in [-0.39, 0.29) is 11.9 Å². The standard InChI is InChI=1S/C23H27N9O2/c1-14(2)23(3,16-5-6-17(26-13-16)15-11-27-22(24)28-12-15)21-29-20(34-32-21)18-7-8-19(31-30-18)25-9-10-33-4/h5-8,11-14H,9-10H2,1-4H3,(H,25,31)(H2,24,27,28). The first-order valence-corrected chi connectivity index (χ1v) is 10.9. The Bertz CT molecular complexity index is 1210. The number of hydrogen-bond donors (Lipinski definition) is 2. The zero-order valence-corrected chi connectivity index (χ0v) is 19.6. The minimum Gasteiger partial charge on any atom is -0.383 e. The third-order valence-corrected chi connectivity index (χ3v) is 5.87. The van der Waals surface area contributed by atoms with Crippen LogP contribution in [0.25, 0.3) is 22.8 Å². The Labute approximate surface area is 197 Å². The van der Waals surface area contributed by atoms with Crippen LogP contribution in [0, 0.1) is 5.92 Å². The number of ether oxygens (including phenoxy) is 1. The van der Waals surface area contributed by atoms with Crippen LogP contribution in [0.1, 0.15) is 32.2 Å². The Morgan fingerprint density at radius 1 is 1.03 bits per heavy atom. The van der Waals surface area contributed by atoms with Crippen LogP contribution in [-0.2, 0) is 10.2 Å². The van der Waals surface area contributed by atoms with Crippen LogP contribution in [-0.4, -0.2) is 55.6 Å². The second-order valence-corrected chi connectivity index (χ2v) is 8.27. The summed E-state index contributed by atoms with van der Waals surface area (Å²) in [4.78, 5) is 17.3. The van der Waals surface area contributed by atoms with Gasteiger partial charge in [-0.3, -0.25) is 4.98 Å². The fraction of sp³-hybridized carbons (Fsp3) is 0.348. The third-order valence-electron chi connectivity index (χ3n) is 5.87. The van der Waals surface area contributed by atoms with Gasteiger partial charge < -0.3 is 20.3 Å². The van der Waals surface area contributed by atoms with E-state index in [4.69, 9.17) is 15.0 Å². The molecular formula is C23H27N9O2. The number of aromatic nitrogens is 7. The van der Waals surface area contributed by atoms with Crippen molar-refractivity contribution in [2.75, 3.05) is 31.3 Å². The third kappa shape index (κ3) is 4.69. The summed E-state index contributed by atoms with van der Waals surface area (Å²) in [7, 11) is 1.65. The molecular weight excluding hydrogens is 434 g/mol. The Balaban J connectivity index is 1.58. The molecule has 4 rings (SSSR count). The molecule has 0 aliphatic heterocycles. The van der Waals surface area contributed by atoms with Crippen LogP contribution in [0.5, 0.6) is 0 Å². The van der Waals surface area contributed by atoms with Gasteiger partial charge in [0.25, 0.3) is 5.89 Å². The molecule has 0 saturated heterocycles. The minimum atomic E-state index is -0.542. The highest BCUT2D eigenvalue weighted by Gasteiger charge is 2.38. The number of methoxy groups -OCH3 is 1. The van der Waals surface area contributed by atoms with Crippen molar-refractivity contribution in [2.24, 2.45) is 5.92 Å². The van der Waals surface area contributed by atoms with E-state index in [1.165, 1.54) is 0 Å². The Hall–Kier alpha value is -3.99. The van der Waals surface area contributed by atoms with Gasteiger partial charge in [-0.1, -0.05) is 25.1 Å². The Kier molecular flexibility index (Phi) is 6.73. The summed E-state index contributed by atoms with van der Waals surface area (Å²) in [6.07, 6.45) is 5.12. The number of nitrogens with zero attached hydrogens (tertiary/aromatic N) is 7. The van der Waals surface area contributed by atoms with E-state index in [0.29, 0.717) is 36.4 Å². The van der Waals surface area contributed by atoms with E-state index in [9.17, 15) is 0 Å². The van der Waals surface area contributed by atoms with Gasteiger partial charge in [0.05, 0.1) is 17.7 Å². The van der Waals surface area contributed by atoms with Crippen molar-refractivity contribution < 1.29 is 9.26 Å². The lowest BCUT2D eigenvalue weighted by Crippen LogP contribution is -2.31. The summed E-state index contributed by atoms with van der Waals surface area (Å²) in [6.45, 7) is 7.51. The van der Waals surface area contributed by atoms with Crippen molar-refractivity contribution in [3.63, 3.8) is 0 Å². The fourth-order valence-corrected chi connectivity index (χ4v) is 3.42. The first-order valence-electron chi connectivity index (χ1n) is 10.9.